The molecule has 0 amide bonds. The van der Waals surface area contributed by atoms with Crippen molar-refractivity contribution in [3.05, 3.63) is 71.8 Å². The predicted octanol–water partition coefficient (Wildman–Crippen LogP) is 5.73. The zero-order valence-corrected chi connectivity index (χ0v) is 18.9. The molecule has 0 spiro atoms. The van der Waals surface area contributed by atoms with Crippen LogP contribution in [0.4, 0.5) is 0 Å². The van der Waals surface area contributed by atoms with E-state index in [1.54, 1.807) is 7.11 Å². The predicted molar refractivity (Wildman–Crippen MR) is 124 cm³/mol. The van der Waals surface area contributed by atoms with Gasteiger partial charge in [0.1, 0.15) is 18.1 Å². The van der Waals surface area contributed by atoms with Gasteiger partial charge in [0.2, 0.25) is 0 Å². The summed E-state index contributed by atoms with van der Waals surface area (Å²) in [5, 5.41) is 0. The highest BCUT2D eigenvalue weighted by molar-refractivity contribution is 5.85. The molecule has 0 radical (unpaired) electrons. The average molecular weight is 414 g/mol. The smallest absolute Gasteiger partial charge is 0.120 e. The third-order valence-corrected chi connectivity index (χ3v) is 3.96. The van der Waals surface area contributed by atoms with Crippen LogP contribution < -0.4 is 9.47 Å². The van der Waals surface area contributed by atoms with Gasteiger partial charge in [0.25, 0.3) is 0 Å². The molecule has 0 bridgehead atoms. The van der Waals surface area contributed by atoms with Crippen molar-refractivity contribution in [2.45, 2.75) is 33.9 Å². The second-order valence-electron chi connectivity index (χ2n) is 7.91. The zero-order valence-electron chi connectivity index (χ0n) is 18.1. The molecule has 2 aromatic rings. The molecule has 0 saturated heterocycles. The third kappa shape index (κ3) is 10.1. The Morgan fingerprint density at radius 1 is 1.00 bits per heavy atom. The van der Waals surface area contributed by atoms with Gasteiger partial charge >= 0.3 is 0 Å². The van der Waals surface area contributed by atoms with Gasteiger partial charge in [-0.2, -0.15) is 0 Å². The number of likely N-dealkylation sites (N-methyl/N-ethyl adjacent to an activating group) is 1. The van der Waals surface area contributed by atoms with E-state index >= 15 is 0 Å². The Morgan fingerprint density at radius 2 is 1.66 bits per heavy atom. The van der Waals surface area contributed by atoms with Gasteiger partial charge in [0, 0.05) is 18.5 Å². The number of halogens is 1. The first-order valence-electron chi connectivity index (χ1n) is 9.56. The summed E-state index contributed by atoms with van der Waals surface area (Å²) >= 11 is 0. The van der Waals surface area contributed by atoms with Crippen molar-refractivity contribution >= 4 is 12.4 Å². The van der Waals surface area contributed by atoms with Gasteiger partial charge in [-0.1, -0.05) is 42.2 Å². The molecule has 0 fully saturated rings. The number of rotatable bonds is 8. The molecule has 0 heterocycles. The second kappa shape index (κ2) is 12.2. The monoisotopic (exact) mass is 413 g/mol. The zero-order chi connectivity index (χ0) is 20.4. The maximum absolute atomic E-state index is 5.95. The summed E-state index contributed by atoms with van der Waals surface area (Å²) in [6.45, 7) is 8.57. The first-order valence-corrected chi connectivity index (χ1v) is 9.56. The Bertz CT molecular complexity index is 844. The van der Waals surface area contributed by atoms with Crippen LogP contribution in [0.5, 0.6) is 11.5 Å². The van der Waals surface area contributed by atoms with E-state index in [9.17, 15) is 0 Å². The largest absolute Gasteiger partial charge is 0.497 e. The Hall–Kier alpha value is -2.41. The molecule has 156 valence electrons. The van der Waals surface area contributed by atoms with Gasteiger partial charge in [-0.25, -0.2) is 0 Å². The molecule has 0 aliphatic heterocycles. The normalized spacial score (nSPS) is 11.0. The van der Waals surface area contributed by atoms with E-state index in [2.05, 4.69) is 62.8 Å². The van der Waals surface area contributed by atoms with Crippen LogP contribution in [0, 0.1) is 17.3 Å². The van der Waals surface area contributed by atoms with E-state index in [-0.39, 0.29) is 17.8 Å². The number of benzene rings is 2. The molecule has 0 aromatic heterocycles. The minimum Gasteiger partial charge on any atom is -0.497 e. The van der Waals surface area contributed by atoms with Crippen LogP contribution in [-0.2, 0) is 13.2 Å². The van der Waals surface area contributed by atoms with Crippen LogP contribution in [0.1, 0.15) is 31.9 Å². The Kier molecular flexibility index (Phi) is 10.4. The lowest BCUT2D eigenvalue weighted by atomic mass is 9.98. The fourth-order valence-electron chi connectivity index (χ4n) is 2.59. The summed E-state index contributed by atoms with van der Waals surface area (Å²) in [5.41, 5.74) is 2.35. The van der Waals surface area contributed by atoms with Gasteiger partial charge in [-0.05, 0) is 69.3 Å². The number of hydrogen-bond donors (Lipinski definition) is 0. The molecule has 0 atom stereocenters. The second-order valence-corrected chi connectivity index (χ2v) is 7.91. The van der Waals surface area contributed by atoms with Crippen LogP contribution in [0.2, 0.25) is 0 Å². The van der Waals surface area contributed by atoms with E-state index in [1.807, 2.05) is 42.5 Å². The van der Waals surface area contributed by atoms with Crippen molar-refractivity contribution in [2.75, 3.05) is 20.7 Å². The molecule has 0 aliphatic carbocycles. The van der Waals surface area contributed by atoms with Crippen molar-refractivity contribution < 1.29 is 9.47 Å². The van der Waals surface area contributed by atoms with Gasteiger partial charge < -0.3 is 9.47 Å². The number of methoxy groups -OCH3 is 1. The number of allylic oxidation sites excluding steroid dienone is 1. The first kappa shape index (κ1) is 24.6. The van der Waals surface area contributed by atoms with E-state index in [0.29, 0.717) is 6.61 Å². The molecule has 2 aromatic carbocycles. The Labute approximate surface area is 182 Å². The summed E-state index contributed by atoms with van der Waals surface area (Å²) in [7, 11) is 3.78. The molecular formula is C25H32ClNO2. The highest BCUT2D eigenvalue weighted by atomic mass is 35.5. The molecular weight excluding hydrogens is 382 g/mol. The summed E-state index contributed by atoms with van der Waals surface area (Å²) in [6.07, 6.45) is 4.04. The molecule has 3 nitrogen and oxygen atoms in total. The van der Waals surface area contributed by atoms with Crippen LogP contribution in [-0.4, -0.2) is 25.6 Å². The van der Waals surface area contributed by atoms with E-state index in [1.165, 1.54) is 5.56 Å². The van der Waals surface area contributed by atoms with Crippen molar-refractivity contribution in [1.82, 2.24) is 4.90 Å². The first-order chi connectivity index (χ1) is 13.4. The molecule has 4 heteroatoms. The number of hydrogen-bond acceptors (Lipinski definition) is 3. The van der Waals surface area contributed by atoms with Gasteiger partial charge in [-0.15, -0.1) is 12.4 Å². The van der Waals surface area contributed by atoms with Crippen molar-refractivity contribution in [3.63, 3.8) is 0 Å². The van der Waals surface area contributed by atoms with Crippen molar-refractivity contribution in [2.24, 2.45) is 5.41 Å². The summed E-state index contributed by atoms with van der Waals surface area (Å²) in [4.78, 5) is 2.25. The Balaban J connectivity index is 0.00000420. The van der Waals surface area contributed by atoms with E-state index in [0.717, 1.165) is 30.2 Å². The quantitative estimate of drug-likeness (QED) is 0.515. The van der Waals surface area contributed by atoms with E-state index < -0.39 is 0 Å². The Morgan fingerprint density at radius 3 is 2.34 bits per heavy atom. The summed E-state index contributed by atoms with van der Waals surface area (Å²) < 4.78 is 11.2. The highest BCUT2D eigenvalue weighted by Gasteiger charge is 2.03. The topological polar surface area (TPSA) is 21.7 Å². The highest BCUT2D eigenvalue weighted by Crippen LogP contribution is 2.18. The lowest BCUT2D eigenvalue weighted by Gasteiger charge is -2.15. The molecule has 0 aliphatic rings. The summed E-state index contributed by atoms with van der Waals surface area (Å²) in [6, 6.07) is 16.2. The molecule has 0 N–H and O–H groups in total. The van der Waals surface area contributed by atoms with Gasteiger partial charge in [-0.3, -0.25) is 4.90 Å². The molecule has 0 saturated carbocycles. The minimum atomic E-state index is 0. The lowest BCUT2D eigenvalue weighted by molar-refractivity contribution is 0.303. The standard InChI is InChI=1S/C25H31NO2.ClH/c1-25(2,3)15-7-6-8-16-26(4)19-21-11-9-14-24(17-21)28-20-22-12-10-13-23(18-22)27-5;/h6,8-14,17-18H,16,19-20H2,1-5H3;1H. The van der Waals surface area contributed by atoms with Gasteiger partial charge in [0.05, 0.1) is 7.11 Å². The third-order valence-electron chi connectivity index (χ3n) is 3.96. The molecule has 0 unspecified atom stereocenters. The van der Waals surface area contributed by atoms with Crippen molar-refractivity contribution in [3.8, 4) is 23.3 Å². The number of ether oxygens (including phenoxy) is 2. The van der Waals surface area contributed by atoms with Crippen molar-refractivity contribution in [1.29, 1.82) is 0 Å². The van der Waals surface area contributed by atoms with Gasteiger partial charge in [0.15, 0.2) is 0 Å². The molecule has 29 heavy (non-hydrogen) atoms. The maximum Gasteiger partial charge on any atom is 0.120 e. The fourth-order valence-corrected chi connectivity index (χ4v) is 2.59. The van der Waals surface area contributed by atoms with Crippen LogP contribution >= 0.6 is 12.4 Å². The lowest BCUT2D eigenvalue weighted by Crippen LogP contribution is -2.17. The van der Waals surface area contributed by atoms with Crippen LogP contribution in [0.3, 0.4) is 0 Å². The van der Waals surface area contributed by atoms with Crippen LogP contribution in [0.25, 0.3) is 0 Å². The maximum atomic E-state index is 5.95. The number of nitrogens with zero attached hydrogens (tertiary/aromatic N) is 1. The minimum absolute atomic E-state index is 0. The fraction of sp³-hybridized carbons (Fsp3) is 0.360. The summed E-state index contributed by atoms with van der Waals surface area (Å²) in [5.74, 6) is 8.04. The SMILES string of the molecule is COc1cccc(COc2cccc(CN(C)CC=CC#CC(C)(C)C)c2)c1.Cl. The van der Waals surface area contributed by atoms with Crippen LogP contribution in [0.15, 0.2) is 60.7 Å². The average Bonchev–Trinajstić information content (AvgIpc) is 2.65. The van der Waals surface area contributed by atoms with E-state index in [4.69, 9.17) is 9.47 Å². The molecule has 2 rings (SSSR count).